The number of benzene rings is 1. The van der Waals surface area contributed by atoms with E-state index in [0.717, 1.165) is 21.6 Å². The topological polar surface area (TPSA) is 90.7 Å². The standard InChI is InChI=1S/C22H22ClN3O5S/c1-13-17-11-18(32-20(17)26(24-13)16-5-3-15(23)4-6-16)22(29)31-12-19(27)25-9-7-14(8-10-25)21(28)30-2/h3-6,11,14H,7-10,12H2,1-2H3. The van der Waals surface area contributed by atoms with Crippen LogP contribution < -0.4 is 0 Å². The number of carbonyl (C=O) groups excluding carboxylic acids is 3. The van der Waals surface area contributed by atoms with Crippen LogP contribution in [0.2, 0.25) is 5.02 Å². The molecule has 0 atom stereocenters. The molecule has 0 spiro atoms. The molecule has 0 unspecified atom stereocenters. The number of thiophene rings is 1. The molecule has 10 heteroatoms. The van der Waals surface area contributed by atoms with E-state index in [1.54, 1.807) is 27.8 Å². The van der Waals surface area contributed by atoms with Crippen molar-refractivity contribution in [2.75, 3.05) is 26.8 Å². The number of likely N-dealkylation sites (tertiary alicyclic amines) is 1. The lowest BCUT2D eigenvalue weighted by molar-refractivity contribution is -0.149. The molecule has 3 aromatic rings. The number of piperidine rings is 1. The average Bonchev–Trinajstić information content (AvgIpc) is 3.38. The third kappa shape index (κ3) is 4.49. The van der Waals surface area contributed by atoms with Gasteiger partial charge in [-0.05, 0) is 50.1 Å². The van der Waals surface area contributed by atoms with E-state index in [0.29, 0.717) is 35.8 Å². The molecule has 1 aliphatic heterocycles. The van der Waals surface area contributed by atoms with Gasteiger partial charge in [0, 0.05) is 23.5 Å². The van der Waals surface area contributed by atoms with Crippen LogP contribution in [0, 0.1) is 12.8 Å². The summed E-state index contributed by atoms with van der Waals surface area (Å²) < 4.78 is 11.8. The van der Waals surface area contributed by atoms with Crippen LogP contribution in [0.4, 0.5) is 0 Å². The van der Waals surface area contributed by atoms with Crippen LogP contribution in [0.15, 0.2) is 30.3 Å². The molecule has 1 aliphatic rings. The van der Waals surface area contributed by atoms with Crippen molar-refractivity contribution in [1.82, 2.24) is 14.7 Å². The number of aromatic nitrogens is 2. The van der Waals surface area contributed by atoms with Crippen LogP contribution >= 0.6 is 22.9 Å². The van der Waals surface area contributed by atoms with Crippen LogP contribution in [-0.2, 0) is 19.1 Å². The van der Waals surface area contributed by atoms with E-state index in [2.05, 4.69) is 5.10 Å². The van der Waals surface area contributed by atoms with Crippen molar-refractivity contribution in [2.45, 2.75) is 19.8 Å². The monoisotopic (exact) mass is 475 g/mol. The highest BCUT2D eigenvalue weighted by atomic mass is 35.5. The van der Waals surface area contributed by atoms with Crippen LogP contribution in [-0.4, -0.2) is 59.3 Å². The van der Waals surface area contributed by atoms with E-state index in [-0.39, 0.29) is 24.4 Å². The molecule has 1 fully saturated rings. The number of fused-ring (bicyclic) bond motifs is 1. The first-order valence-electron chi connectivity index (χ1n) is 10.1. The maximum atomic E-state index is 12.6. The molecule has 1 aromatic carbocycles. The average molecular weight is 476 g/mol. The summed E-state index contributed by atoms with van der Waals surface area (Å²) in [4.78, 5) is 39.5. The van der Waals surface area contributed by atoms with E-state index < -0.39 is 5.97 Å². The van der Waals surface area contributed by atoms with Crippen molar-refractivity contribution in [3.8, 4) is 5.69 Å². The van der Waals surface area contributed by atoms with Gasteiger partial charge in [0.15, 0.2) is 6.61 Å². The first kappa shape index (κ1) is 22.3. The summed E-state index contributed by atoms with van der Waals surface area (Å²) in [5.74, 6) is -1.26. The Morgan fingerprint density at radius 1 is 1.19 bits per heavy atom. The molecule has 0 radical (unpaired) electrons. The van der Waals surface area contributed by atoms with Gasteiger partial charge in [-0.3, -0.25) is 9.59 Å². The van der Waals surface area contributed by atoms with Crippen molar-refractivity contribution in [1.29, 1.82) is 0 Å². The fourth-order valence-corrected chi connectivity index (χ4v) is 4.93. The maximum absolute atomic E-state index is 12.6. The highest BCUT2D eigenvalue weighted by Crippen LogP contribution is 2.31. The highest BCUT2D eigenvalue weighted by Gasteiger charge is 2.28. The minimum atomic E-state index is -0.550. The largest absolute Gasteiger partial charge is 0.469 e. The first-order chi connectivity index (χ1) is 15.4. The van der Waals surface area contributed by atoms with E-state index >= 15 is 0 Å². The highest BCUT2D eigenvalue weighted by molar-refractivity contribution is 7.20. The molecule has 32 heavy (non-hydrogen) atoms. The zero-order valence-electron chi connectivity index (χ0n) is 17.7. The Bertz CT molecular complexity index is 1160. The number of ether oxygens (including phenoxy) is 2. The summed E-state index contributed by atoms with van der Waals surface area (Å²) in [6, 6.07) is 9.01. The molecule has 1 saturated heterocycles. The Labute approximate surface area is 193 Å². The quantitative estimate of drug-likeness (QED) is 0.523. The predicted octanol–water partition coefficient (Wildman–Crippen LogP) is 3.62. The Balaban J connectivity index is 1.40. The van der Waals surface area contributed by atoms with Gasteiger partial charge in [0.25, 0.3) is 5.91 Å². The van der Waals surface area contributed by atoms with Crippen molar-refractivity contribution >= 4 is 51.0 Å². The number of rotatable bonds is 5. The van der Waals surface area contributed by atoms with Crippen molar-refractivity contribution < 1.29 is 23.9 Å². The Morgan fingerprint density at radius 3 is 2.53 bits per heavy atom. The van der Waals surface area contributed by atoms with Gasteiger partial charge in [-0.1, -0.05) is 11.6 Å². The Kier molecular flexibility index (Phi) is 6.48. The van der Waals surface area contributed by atoms with E-state index in [9.17, 15) is 14.4 Å². The van der Waals surface area contributed by atoms with Crippen molar-refractivity contribution in [3.63, 3.8) is 0 Å². The maximum Gasteiger partial charge on any atom is 0.348 e. The number of amides is 1. The van der Waals surface area contributed by atoms with E-state index in [1.165, 1.54) is 18.4 Å². The summed E-state index contributed by atoms with van der Waals surface area (Å²) >= 11 is 7.23. The minimum absolute atomic E-state index is 0.186. The second-order valence-corrected chi connectivity index (χ2v) is 9.02. The number of halogens is 1. The summed E-state index contributed by atoms with van der Waals surface area (Å²) in [5.41, 5.74) is 1.62. The van der Waals surface area contributed by atoms with Gasteiger partial charge >= 0.3 is 11.9 Å². The molecule has 3 heterocycles. The molecule has 8 nitrogen and oxygen atoms in total. The van der Waals surface area contributed by atoms with Crippen molar-refractivity contribution in [3.05, 3.63) is 45.9 Å². The number of esters is 2. The molecule has 168 valence electrons. The molecule has 4 rings (SSSR count). The lowest BCUT2D eigenvalue weighted by Crippen LogP contribution is -2.42. The Morgan fingerprint density at radius 2 is 1.88 bits per heavy atom. The number of nitrogens with zero attached hydrogens (tertiary/aromatic N) is 3. The summed E-state index contributed by atoms with van der Waals surface area (Å²) in [6.07, 6.45) is 1.09. The predicted molar refractivity (Wildman–Crippen MR) is 120 cm³/mol. The third-order valence-electron chi connectivity index (χ3n) is 5.53. The number of hydrogen-bond acceptors (Lipinski definition) is 7. The van der Waals surface area contributed by atoms with Crippen LogP contribution in [0.3, 0.4) is 0 Å². The van der Waals surface area contributed by atoms with Gasteiger partial charge in [-0.25, -0.2) is 9.48 Å². The number of carbonyl (C=O) groups is 3. The van der Waals surface area contributed by atoms with Gasteiger partial charge < -0.3 is 14.4 Å². The normalized spacial score (nSPS) is 14.5. The molecule has 0 bridgehead atoms. The van der Waals surface area contributed by atoms with Crippen molar-refractivity contribution in [2.24, 2.45) is 5.92 Å². The van der Waals surface area contributed by atoms with Gasteiger partial charge in [0.05, 0.1) is 24.4 Å². The minimum Gasteiger partial charge on any atom is -0.469 e. The summed E-state index contributed by atoms with van der Waals surface area (Å²) in [7, 11) is 1.36. The third-order valence-corrected chi connectivity index (χ3v) is 6.87. The first-order valence-corrected chi connectivity index (χ1v) is 11.3. The molecular formula is C22H22ClN3O5S. The van der Waals surface area contributed by atoms with Gasteiger partial charge in [0.2, 0.25) is 0 Å². The van der Waals surface area contributed by atoms with E-state index in [4.69, 9.17) is 21.1 Å². The van der Waals surface area contributed by atoms with Crippen LogP contribution in [0.25, 0.3) is 15.9 Å². The lowest BCUT2D eigenvalue weighted by Gasteiger charge is -2.30. The number of hydrogen-bond donors (Lipinski definition) is 0. The second kappa shape index (κ2) is 9.30. The zero-order valence-corrected chi connectivity index (χ0v) is 19.2. The fraction of sp³-hybridized carbons (Fsp3) is 0.364. The van der Waals surface area contributed by atoms with Crippen LogP contribution in [0.5, 0.6) is 0 Å². The zero-order chi connectivity index (χ0) is 22.8. The molecule has 0 saturated carbocycles. The second-order valence-electron chi connectivity index (χ2n) is 7.56. The molecule has 2 aromatic heterocycles. The smallest absolute Gasteiger partial charge is 0.348 e. The fourth-order valence-electron chi connectivity index (χ4n) is 3.73. The molecular weight excluding hydrogens is 454 g/mol. The summed E-state index contributed by atoms with van der Waals surface area (Å²) in [6.45, 7) is 2.42. The summed E-state index contributed by atoms with van der Waals surface area (Å²) in [5, 5.41) is 6.03. The number of methoxy groups -OCH3 is 1. The van der Waals surface area contributed by atoms with E-state index in [1.807, 2.05) is 19.1 Å². The SMILES string of the molecule is COC(=O)C1CCN(C(=O)COC(=O)c2cc3c(C)nn(-c4ccc(Cl)cc4)c3s2)CC1. The van der Waals surface area contributed by atoms with Gasteiger partial charge in [-0.2, -0.15) is 5.10 Å². The number of aryl methyl sites for hydroxylation is 1. The van der Waals surface area contributed by atoms with Crippen LogP contribution in [0.1, 0.15) is 28.2 Å². The molecule has 0 N–H and O–H groups in total. The Hall–Kier alpha value is -2.91. The molecule has 0 aliphatic carbocycles. The van der Waals surface area contributed by atoms with Gasteiger partial charge in [0.1, 0.15) is 9.71 Å². The molecule has 1 amide bonds. The lowest BCUT2D eigenvalue weighted by atomic mass is 9.97. The van der Waals surface area contributed by atoms with Gasteiger partial charge in [-0.15, -0.1) is 11.3 Å².